The summed E-state index contributed by atoms with van der Waals surface area (Å²) in [5.74, 6) is 0.112. The second-order valence-corrected chi connectivity index (χ2v) is 7.33. The molecule has 0 radical (unpaired) electrons. The van der Waals surface area contributed by atoms with Gasteiger partial charge in [-0.25, -0.2) is 8.42 Å². The van der Waals surface area contributed by atoms with Crippen LogP contribution < -0.4 is 5.73 Å². The number of ether oxygens (including phenoxy) is 1. The van der Waals surface area contributed by atoms with Crippen LogP contribution in [-0.4, -0.2) is 79.9 Å². The summed E-state index contributed by atoms with van der Waals surface area (Å²) in [5.41, 5.74) is 5.08. The van der Waals surface area contributed by atoms with E-state index in [-0.39, 0.29) is 18.2 Å². The van der Waals surface area contributed by atoms with Crippen molar-refractivity contribution in [2.75, 3.05) is 45.6 Å². The molecule has 118 valence electrons. The molecule has 8 nitrogen and oxygen atoms in total. The van der Waals surface area contributed by atoms with E-state index in [1.54, 1.807) is 0 Å². The van der Waals surface area contributed by atoms with E-state index in [0.717, 1.165) is 0 Å². The molecule has 1 fully saturated rings. The van der Waals surface area contributed by atoms with E-state index in [9.17, 15) is 8.42 Å². The molecule has 0 saturated carbocycles. The molecule has 0 aliphatic carbocycles. The van der Waals surface area contributed by atoms with Crippen molar-refractivity contribution in [1.82, 2.24) is 9.21 Å². The molecule has 9 heteroatoms. The highest BCUT2D eigenvalue weighted by molar-refractivity contribution is 7.89. The monoisotopic (exact) mass is 308 g/mol. The van der Waals surface area contributed by atoms with E-state index in [4.69, 9.17) is 15.7 Å². The lowest BCUT2D eigenvalue weighted by molar-refractivity contribution is 0.118. The first kappa shape index (κ1) is 17.2. The van der Waals surface area contributed by atoms with Crippen molar-refractivity contribution in [2.45, 2.75) is 19.4 Å². The van der Waals surface area contributed by atoms with Crippen LogP contribution in [0.4, 0.5) is 0 Å². The van der Waals surface area contributed by atoms with Crippen LogP contribution in [0.15, 0.2) is 5.16 Å². The van der Waals surface area contributed by atoms with Crippen LogP contribution in [0.3, 0.4) is 0 Å². The van der Waals surface area contributed by atoms with E-state index >= 15 is 0 Å². The number of methoxy groups -OCH3 is 1. The molecule has 0 aromatic heterocycles. The molecule has 1 aliphatic heterocycles. The SMILES string of the molecule is COCCS(=O)(=O)N1CCN(C(C)(C)C(N)=NO)CC1. The Hall–Kier alpha value is -0.900. The standard InChI is InChI=1S/C11H24N4O4S/c1-11(2,10(12)13-16)14-4-6-15(7-5-14)20(17,18)9-8-19-3/h16H,4-9H2,1-3H3,(H2,12,13). The van der Waals surface area contributed by atoms with Gasteiger partial charge in [-0.15, -0.1) is 0 Å². The fourth-order valence-corrected chi connectivity index (χ4v) is 3.48. The summed E-state index contributed by atoms with van der Waals surface area (Å²) < 4.78 is 30.3. The van der Waals surface area contributed by atoms with Crippen LogP contribution in [0.1, 0.15) is 13.8 Å². The van der Waals surface area contributed by atoms with Crippen molar-refractivity contribution in [1.29, 1.82) is 0 Å². The van der Waals surface area contributed by atoms with Crippen LogP contribution in [0.25, 0.3) is 0 Å². The number of piperazine rings is 1. The molecule has 1 rings (SSSR count). The smallest absolute Gasteiger partial charge is 0.216 e. The Morgan fingerprint density at radius 2 is 1.90 bits per heavy atom. The van der Waals surface area contributed by atoms with Crippen molar-refractivity contribution < 1.29 is 18.4 Å². The molecule has 1 saturated heterocycles. The van der Waals surface area contributed by atoms with Crippen LogP contribution in [0, 0.1) is 0 Å². The number of sulfonamides is 1. The summed E-state index contributed by atoms with van der Waals surface area (Å²) in [6.45, 7) is 5.75. The summed E-state index contributed by atoms with van der Waals surface area (Å²) in [7, 11) is -1.79. The van der Waals surface area contributed by atoms with Gasteiger partial charge in [-0.2, -0.15) is 4.31 Å². The Morgan fingerprint density at radius 1 is 1.35 bits per heavy atom. The van der Waals surface area contributed by atoms with Gasteiger partial charge in [0, 0.05) is 33.3 Å². The minimum atomic E-state index is -3.27. The molecule has 1 aliphatic rings. The maximum absolute atomic E-state index is 12.0. The second-order valence-electron chi connectivity index (χ2n) is 5.24. The lowest BCUT2D eigenvalue weighted by Gasteiger charge is -2.42. The van der Waals surface area contributed by atoms with Gasteiger partial charge in [0.2, 0.25) is 10.0 Å². The van der Waals surface area contributed by atoms with Gasteiger partial charge in [-0.3, -0.25) is 4.90 Å². The van der Waals surface area contributed by atoms with Gasteiger partial charge < -0.3 is 15.7 Å². The Bertz CT molecular complexity index is 441. The fourth-order valence-electron chi connectivity index (χ4n) is 2.13. The quantitative estimate of drug-likeness (QED) is 0.285. The minimum absolute atomic E-state index is 0.00682. The van der Waals surface area contributed by atoms with E-state index in [2.05, 4.69) is 5.16 Å². The van der Waals surface area contributed by atoms with E-state index in [0.29, 0.717) is 26.2 Å². The highest BCUT2D eigenvalue weighted by Gasteiger charge is 2.36. The Kier molecular flexibility index (Phi) is 5.75. The molecule has 1 heterocycles. The van der Waals surface area contributed by atoms with E-state index < -0.39 is 15.6 Å². The lowest BCUT2D eigenvalue weighted by atomic mass is 10.0. The first-order valence-corrected chi connectivity index (χ1v) is 8.06. The number of hydrogen-bond donors (Lipinski definition) is 2. The maximum atomic E-state index is 12.0. The van der Waals surface area contributed by atoms with Gasteiger partial charge in [0.1, 0.15) is 0 Å². The largest absolute Gasteiger partial charge is 0.409 e. The van der Waals surface area contributed by atoms with Gasteiger partial charge in [0.25, 0.3) is 0 Å². The zero-order valence-corrected chi connectivity index (χ0v) is 13.1. The number of hydrogen-bond acceptors (Lipinski definition) is 6. The molecule has 0 unspecified atom stereocenters. The fraction of sp³-hybridized carbons (Fsp3) is 0.909. The molecular weight excluding hydrogens is 284 g/mol. The van der Waals surface area contributed by atoms with E-state index in [1.165, 1.54) is 11.4 Å². The minimum Gasteiger partial charge on any atom is -0.409 e. The summed E-state index contributed by atoms with van der Waals surface area (Å²) in [5, 5.41) is 11.8. The van der Waals surface area contributed by atoms with Gasteiger partial charge in [0.05, 0.1) is 17.9 Å². The van der Waals surface area contributed by atoms with Gasteiger partial charge >= 0.3 is 0 Å². The topological polar surface area (TPSA) is 108 Å². The predicted octanol–water partition coefficient (Wildman–Crippen LogP) is -0.895. The van der Waals surface area contributed by atoms with Gasteiger partial charge in [-0.05, 0) is 13.8 Å². The van der Waals surface area contributed by atoms with Gasteiger partial charge in [-0.1, -0.05) is 5.16 Å². The summed E-state index contributed by atoms with van der Waals surface area (Å²) in [4.78, 5) is 2.00. The van der Waals surface area contributed by atoms with Crippen molar-refractivity contribution in [2.24, 2.45) is 10.9 Å². The Labute approximate surface area is 120 Å². The van der Waals surface area contributed by atoms with Crippen LogP contribution in [0.2, 0.25) is 0 Å². The van der Waals surface area contributed by atoms with E-state index in [1.807, 2.05) is 18.7 Å². The second kappa shape index (κ2) is 6.70. The zero-order valence-electron chi connectivity index (χ0n) is 12.2. The molecule has 0 aromatic rings. The van der Waals surface area contributed by atoms with Crippen molar-refractivity contribution >= 4 is 15.9 Å². The molecule has 0 bridgehead atoms. The first-order valence-electron chi connectivity index (χ1n) is 6.45. The predicted molar refractivity (Wildman–Crippen MR) is 76.3 cm³/mol. The van der Waals surface area contributed by atoms with Crippen molar-refractivity contribution in [3.63, 3.8) is 0 Å². The number of nitrogens with two attached hydrogens (primary N) is 1. The lowest BCUT2D eigenvalue weighted by Crippen LogP contribution is -2.60. The van der Waals surface area contributed by atoms with Crippen LogP contribution in [0.5, 0.6) is 0 Å². The average molecular weight is 308 g/mol. The summed E-state index contributed by atoms with van der Waals surface area (Å²) >= 11 is 0. The molecule has 0 atom stereocenters. The number of amidine groups is 1. The normalized spacial score (nSPS) is 20.2. The number of rotatable bonds is 6. The highest BCUT2D eigenvalue weighted by atomic mass is 32.2. The first-order chi connectivity index (χ1) is 9.25. The third-order valence-corrected chi connectivity index (χ3v) is 5.54. The Balaban J connectivity index is 2.64. The third kappa shape index (κ3) is 3.81. The maximum Gasteiger partial charge on any atom is 0.216 e. The molecule has 20 heavy (non-hydrogen) atoms. The molecule has 0 amide bonds. The van der Waals surface area contributed by atoms with Crippen molar-refractivity contribution in [3.8, 4) is 0 Å². The molecule has 3 N–H and O–H groups in total. The third-order valence-electron chi connectivity index (χ3n) is 3.70. The van der Waals surface area contributed by atoms with Gasteiger partial charge in [0.15, 0.2) is 5.84 Å². The zero-order chi connectivity index (χ0) is 15.4. The van der Waals surface area contributed by atoms with Crippen LogP contribution >= 0.6 is 0 Å². The average Bonchev–Trinajstić information content (AvgIpc) is 2.44. The number of oxime groups is 1. The van der Waals surface area contributed by atoms with Crippen molar-refractivity contribution in [3.05, 3.63) is 0 Å². The summed E-state index contributed by atoms with van der Waals surface area (Å²) in [6.07, 6.45) is 0. The Morgan fingerprint density at radius 3 is 2.35 bits per heavy atom. The molecular formula is C11H24N4O4S. The molecule has 0 spiro atoms. The molecule has 0 aromatic carbocycles. The number of nitrogens with zero attached hydrogens (tertiary/aromatic N) is 3. The highest BCUT2D eigenvalue weighted by Crippen LogP contribution is 2.18. The summed E-state index contributed by atoms with van der Waals surface area (Å²) in [6, 6.07) is 0. The van der Waals surface area contributed by atoms with Crippen LogP contribution in [-0.2, 0) is 14.8 Å².